The van der Waals surface area contributed by atoms with E-state index in [1.807, 2.05) is 0 Å². The van der Waals surface area contributed by atoms with Crippen LogP contribution in [0.2, 0.25) is 0 Å². The molecule has 9 aromatic rings. The van der Waals surface area contributed by atoms with Gasteiger partial charge in [-0.15, -0.1) is 0 Å². The number of rotatable bonds is 6. The van der Waals surface area contributed by atoms with Gasteiger partial charge in [-0.2, -0.15) is 0 Å². The Balaban J connectivity index is 1.30. The zero-order chi connectivity index (χ0) is 50.5. The van der Waals surface area contributed by atoms with Gasteiger partial charge in [-0.05, 0) is 132 Å². The maximum absolute atomic E-state index is 2.58. The van der Waals surface area contributed by atoms with E-state index in [1.165, 1.54) is 83.3 Å². The number of fused-ring (bicyclic) bond motifs is 5. The van der Waals surface area contributed by atoms with Crippen LogP contribution in [0.5, 0.6) is 0 Å². The van der Waals surface area contributed by atoms with Crippen molar-refractivity contribution in [2.75, 3.05) is 14.7 Å². The molecule has 0 aliphatic carbocycles. The van der Waals surface area contributed by atoms with Crippen LogP contribution in [-0.2, 0) is 21.7 Å². The van der Waals surface area contributed by atoms with Gasteiger partial charge >= 0.3 is 0 Å². The first-order chi connectivity index (χ1) is 34.3. The van der Waals surface area contributed by atoms with Crippen molar-refractivity contribution < 1.29 is 0 Å². The predicted molar refractivity (Wildman–Crippen MR) is 313 cm³/mol. The maximum atomic E-state index is 2.58. The van der Waals surface area contributed by atoms with E-state index in [2.05, 4.69) is 292 Å². The summed E-state index contributed by atoms with van der Waals surface area (Å²) in [4.78, 5) is 7.70. The summed E-state index contributed by atoms with van der Waals surface area (Å²) in [5.74, 6) is 0. The molecule has 0 radical (unpaired) electrons. The first-order valence-corrected chi connectivity index (χ1v) is 26.0. The molecule has 2 aliphatic rings. The molecule has 0 unspecified atom stereocenters. The molecule has 0 amide bonds. The Bertz CT molecular complexity index is 3340. The van der Waals surface area contributed by atoms with Crippen molar-refractivity contribution in [3.63, 3.8) is 0 Å². The fraction of sp³-hybridized carbons (Fsp3) is 0.235. The van der Waals surface area contributed by atoms with Crippen molar-refractivity contribution in [2.45, 2.75) is 105 Å². The highest BCUT2D eigenvalue weighted by Crippen LogP contribution is 2.51. The van der Waals surface area contributed by atoms with Crippen LogP contribution in [0.4, 0.5) is 51.2 Å². The zero-order valence-corrected chi connectivity index (χ0v) is 44.4. The third kappa shape index (κ3) is 8.19. The highest BCUT2D eigenvalue weighted by molar-refractivity contribution is 7.00. The molecule has 0 fully saturated rings. The molecule has 0 N–H and O–H groups in total. The molecule has 3 nitrogen and oxygen atoms in total. The van der Waals surface area contributed by atoms with E-state index in [-0.39, 0.29) is 28.4 Å². The number of hydrogen-bond acceptors (Lipinski definition) is 3. The average Bonchev–Trinajstić information content (AvgIpc) is 3.35. The smallest absolute Gasteiger partial charge is 0.252 e. The van der Waals surface area contributed by atoms with Crippen LogP contribution < -0.4 is 31.1 Å². The Hall–Kier alpha value is -7.30. The average molecular weight is 938 g/mol. The maximum Gasteiger partial charge on any atom is 0.252 e. The molecule has 358 valence electrons. The van der Waals surface area contributed by atoms with Crippen molar-refractivity contribution in [1.29, 1.82) is 0 Å². The van der Waals surface area contributed by atoms with Crippen molar-refractivity contribution in [1.82, 2.24) is 0 Å². The zero-order valence-electron chi connectivity index (χ0n) is 44.4. The van der Waals surface area contributed by atoms with Crippen molar-refractivity contribution in [3.8, 4) is 11.1 Å². The largest absolute Gasteiger partial charge is 0.311 e. The Morgan fingerprint density at radius 1 is 0.361 bits per heavy atom. The minimum absolute atomic E-state index is 0.00668. The van der Waals surface area contributed by atoms with Crippen molar-refractivity contribution in [2.24, 2.45) is 0 Å². The van der Waals surface area contributed by atoms with Gasteiger partial charge in [0.25, 0.3) is 6.71 Å². The van der Waals surface area contributed by atoms with Gasteiger partial charge in [-0.1, -0.05) is 217 Å². The van der Waals surface area contributed by atoms with E-state index < -0.39 is 0 Å². The van der Waals surface area contributed by atoms with Gasteiger partial charge in [0.1, 0.15) is 0 Å². The van der Waals surface area contributed by atoms with Crippen LogP contribution in [0.3, 0.4) is 0 Å². The third-order valence-corrected chi connectivity index (χ3v) is 15.2. The number of anilines is 9. The molecule has 11 rings (SSSR count). The molecular formula is C68H68BN3. The van der Waals surface area contributed by atoms with Gasteiger partial charge in [0.15, 0.2) is 0 Å². The summed E-state index contributed by atoms with van der Waals surface area (Å²) in [7, 11) is 0. The van der Waals surface area contributed by atoms with E-state index in [0.717, 1.165) is 28.4 Å². The van der Waals surface area contributed by atoms with Crippen LogP contribution in [0.15, 0.2) is 194 Å². The van der Waals surface area contributed by atoms with Gasteiger partial charge < -0.3 is 14.7 Å². The highest BCUT2D eigenvalue weighted by atomic mass is 15.2. The SMILES string of the molecule is CC(C)(C)c1ccc(N2c3ccc(C(C)(C)C)cc3B3c4cc(C(C)(C)C)ccc4N(c4ccc(C(C)(C)C)cc4)c4cc(N(c5ccccc5)c5c(-c6ccccc6)ccc6ccccc56)cc2c43)cc1. The summed E-state index contributed by atoms with van der Waals surface area (Å²) in [6.45, 7) is 27.8. The molecular weight excluding hydrogens is 870 g/mol. The van der Waals surface area contributed by atoms with Gasteiger partial charge in [-0.3, -0.25) is 0 Å². The number of benzene rings is 9. The molecule has 72 heavy (non-hydrogen) atoms. The first kappa shape index (κ1) is 47.1. The van der Waals surface area contributed by atoms with Crippen molar-refractivity contribution >= 4 is 85.1 Å². The number of hydrogen-bond donors (Lipinski definition) is 0. The second-order valence-electron chi connectivity index (χ2n) is 24.4. The van der Waals surface area contributed by atoms with Crippen LogP contribution in [0.1, 0.15) is 105 Å². The predicted octanol–water partition coefficient (Wildman–Crippen LogP) is 17.2. The fourth-order valence-corrected chi connectivity index (χ4v) is 11.2. The fourth-order valence-electron chi connectivity index (χ4n) is 11.2. The van der Waals surface area contributed by atoms with E-state index in [0.29, 0.717) is 0 Å². The molecule has 0 saturated carbocycles. The van der Waals surface area contributed by atoms with Gasteiger partial charge in [0, 0.05) is 50.8 Å². The normalized spacial score (nSPS) is 13.5. The molecule has 0 saturated heterocycles. The summed E-state index contributed by atoms with van der Waals surface area (Å²) >= 11 is 0. The molecule has 2 heterocycles. The van der Waals surface area contributed by atoms with E-state index in [1.54, 1.807) is 0 Å². The summed E-state index contributed by atoms with van der Waals surface area (Å²) < 4.78 is 0. The third-order valence-electron chi connectivity index (χ3n) is 15.2. The molecule has 4 heteroatoms. The lowest BCUT2D eigenvalue weighted by molar-refractivity contribution is 0.590. The summed E-state index contributed by atoms with van der Waals surface area (Å²) in [5.41, 5.74) is 21.9. The molecule has 9 aromatic carbocycles. The Labute approximate surface area is 429 Å². The van der Waals surface area contributed by atoms with Crippen LogP contribution in [-0.4, -0.2) is 6.71 Å². The van der Waals surface area contributed by atoms with Crippen LogP contribution >= 0.6 is 0 Å². The topological polar surface area (TPSA) is 9.72 Å². The van der Waals surface area contributed by atoms with Crippen LogP contribution in [0.25, 0.3) is 21.9 Å². The quantitative estimate of drug-likeness (QED) is 0.154. The summed E-state index contributed by atoms with van der Waals surface area (Å²) in [6, 6.07) is 73.8. The van der Waals surface area contributed by atoms with Crippen molar-refractivity contribution in [3.05, 3.63) is 216 Å². The minimum atomic E-state index is -0.0577. The summed E-state index contributed by atoms with van der Waals surface area (Å²) in [6.07, 6.45) is 0. The number of nitrogens with zero attached hydrogens (tertiary/aromatic N) is 3. The standard InChI is InChI=1S/C68H68BN3/c1-65(2,3)47-28-34-52(35-29-47)71-59-39-32-49(67(7,8)9)41-57(59)69-58-42-50(68(10,11)12)33-40-60(58)72(53-36-30-48(31-37-53)66(4,5)6)62-44-54(43-61(71)63(62)69)70(51-24-17-14-18-25-51)64-55-26-20-19-23-46(55)27-38-56(64)45-21-15-13-16-22-45/h13-44H,1-12H3. The van der Waals surface area contributed by atoms with Crippen LogP contribution in [0, 0.1) is 0 Å². The number of para-hydroxylation sites is 1. The second-order valence-corrected chi connectivity index (χ2v) is 24.4. The van der Waals surface area contributed by atoms with Gasteiger partial charge in [0.05, 0.1) is 11.4 Å². The molecule has 0 atom stereocenters. The molecule has 0 bridgehead atoms. The minimum Gasteiger partial charge on any atom is -0.311 e. The van der Waals surface area contributed by atoms with E-state index in [9.17, 15) is 0 Å². The highest BCUT2D eigenvalue weighted by Gasteiger charge is 2.45. The molecule has 2 aliphatic heterocycles. The second kappa shape index (κ2) is 17.2. The lowest BCUT2D eigenvalue weighted by Gasteiger charge is -2.46. The summed E-state index contributed by atoms with van der Waals surface area (Å²) in [5, 5.41) is 2.39. The Morgan fingerprint density at radius 3 is 1.26 bits per heavy atom. The Morgan fingerprint density at radius 2 is 0.792 bits per heavy atom. The van der Waals surface area contributed by atoms with E-state index >= 15 is 0 Å². The lowest BCUT2D eigenvalue weighted by atomic mass is 9.33. The molecule has 0 spiro atoms. The first-order valence-electron chi connectivity index (χ1n) is 26.0. The monoisotopic (exact) mass is 938 g/mol. The van der Waals surface area contributed by atoms with Gasteiger partial charge in [0.2, 0.25) is 0 Å². The Kier molecular flexibility index (Phi) is 11.2. The van der Waals surface area contributed by atoms with E-state index in [4.69, 9.17) is 0 Å². The molecule has 0 aromatic heterocycles. The lowest BCUT2D eigenvalue weighted by Crippen LogP contribution is -2.61. The van der Waals surface area contributed by atoms with Gasteiger partial charge in [-0.25, -0.2) is 0 Å².